The van der Waals surface area contributed by atoms with Crippen molar-refractivity contribution in [1.82, 2.24) is 10.2 Å². The first-order valence-corrected chi connectivity index (χ1v) is 5.55. The lowest BCUT2D eigenvalue weighted by molar-refractivity contribution is 0.232. The van der Waals surface area contributed by atoms with Crippen LogP contribution in [0.1, 0.15) is 20.8 Å². The van der Waals surface area contributed by atoms with Crippen LogP contribution >= 0.6 is 0 Å². The van der Waals surface area contributed by atoms with Gasteiger partial charge in [-0.3, -0.25) is 9.89 Å². The summed E-state index contributed by atoms with van der Waals surface area (Å²) in [5.41, 5.74) is 1.07. The molecule has 15 heavy (non-hydrogen) atoms. The minimum atomic E-state index is 0.573. The molecule has 0 unspecified atom stereocenters. The largest absolute Gasteiger partial charge is 0.312 e. The van der Waals surface area contributed by atoms with Crippen molar-refractivity contribution in [1.29, 1.82) is 0 Å². The van der Waals surface area contributed by atoms with Crippen LogP contribution in [-0.2, 0) is 0 Å². The third kappa shape index (κ3) is 4.53. The van der Waals surface area contributed by atoms with Gasteiger partial charge in [-0.2, -0.15) is 0 Å². The third-order valence-corrected chi connectivity index (χ3v) is 2.43. The molecule has 1 fully saturated rings. The zero-order chi connectivity index (χ0) is 11.3. The van der Waals surface area contributed by atoms with E-state index in [9.17, 15) is 0 Å². The van der Waals surface area contributed by atoms with E-state index < -0.39 is 0 Å². The Hall–Kier alpha value is -0.740. The second kappa shape index (κ2) is 5.98. The molecule has 0 radical (unpaired) electrons. The first-order chi connectivity index (χ1) is 7.11. The monoisotopic (exact) mass is 210 g/mol. The number of rotatable bonds is 2. The molecule has 1 aliphatic rings. The van der Waals surface area contributed by atoms with Crippen molar-refractivity contribution in [2.24, 2.45) is 9.98 Å². The van der Waals surface area contributed by atoms with Gasteiger partial charge in [0.15, 0.2) is 0 Å². The van der Waals surface area contributed by atoms with Crippen LogP contribution in [-0.4, -0.2) is 55.7 Å². The summed E-state index contributed by atoms with van der Waals surface area (Å²) in [6, 6.07) is 0.573. The lowest BCUT2D eigenvalue weighted by Gasteiger charge is -2.31. The van der Waals surface area contributed by atoms with E-state index in [1.165, 1.54) is 0 Å². The molecular formula is C11H22N4. The highest BCUT2D eigenvalue weighted by atomic mass is 15.2. The van der Waals surface area contributed by atoms with Crippen LogP contribution in [0.3, 0.4) is 0 Å². The number of hydrogen-bond acceptors (Lipinski definition) is 3. The maximum Gasteiger partial charge on any atom is 0.137 e. The van der Waals surface area contributed by atoms with Crippen LogP contribution in [0.5, 0.6) is 0 Å². The Morgan fingerprint density at radius 1 is 1.47 bits per heavy atom. The number of nitrogens with zero attached hydrogens (tertiary/aromatic N) is 3. The van der Waals surface area contributed by atoms with Crippen molar-refractivity contribution >= 4 is 11.5 Å². The second-order valence-corrected chi connectivity index (χ2v) is 4.29. The maximum absolute atomic E-state index is 4.42. The Kier molecular flexibility index (Phi) is 4.91. The van der Waals surface area contributed by atoms with Crippen LogP contribution in [0.4, 0.5) is 0 Å². The molecule has 1 saturated heterocycles. The first-order valence-electron chi connectivity index (χ1n) is 5.55. The summed E-state index contributed by atoms with van der Waals surface area (Å²) in [5, 5.41) is 3.43. The van der Waals surface area contributed by atoms with E-state index in [-0.39, 0.29) is 0 Å². The van der Waals surface area contributed by atoms with Gasteiger partial charge < -0.3 is 5.32 Å². The zero-order valence-electron chi connectivity index (χ0n) is 10.2. The molecule has 0 aromatic carbocycles. The Labute approximate surface area is 92.5 Å². The fourth-order valence-corrected chi connectivity index (χ4v) is 1.77. The molecule has 86 valence electrons. The maximum atomic E-state index is 4.42. The summed E-state index contributed by atoms with van der Waals surface area (Å²) in [6.45, 7) is 10.3. The van der Waals surface area contributed by atoms with Crippen molar-refractivity contribution in [2.45, 2.75) is 26.8 Å². The van der Waals surface area contributed by atoms with E-state index in [1.807, 2.05) is 20.9 Å². The van der Waals surface area contributed by atoms with E-state index >= 15 is 0 Å². The molecule has 0 amide bonds. The topological polar surface area (TPSA) is 40.0 Å². The van der Waals surface area contributed by atoms with Crippen molar-refractivity contribution in [3.05, 3.63) is 0 Å². The molecular weight excluding hydrogens is 188 g/mol. The molecule has 4 nitrogen and oxygen atoms in total. The number of piperazine rings is 1. The van der Waals surface area contributed by atoms with E-state index in [0.29, 0.717) is 6.04 Å². The molecule has 1 rings (SSSR count). The van der Waals surface area contributed by atoms with Crippen LogP contribution in [0.25, 0.3) is 0 Å². The minimum absolute atomic E-state index is 0.573. The number of nitrogens with one attached hydrogen (secondary N) is 1. The van der Waals surface area contributed by atoms with Gasteiger partial charge in [0.05, 0.1) is 6.54 Å². The van der Waals surface area contributed by atoms with Gasteiger partial charge in [0, 0.05) is 38.4 Å². The molecule has 1 atom stereocenters. The summed E-state index contributed by atoms with van der Waals surface area (Å²) in [5.74, 6) is 0.934. The lowest BCUT2D eigenvalue weighted by atomic mass is 10.2. The molecule has 0 saturated carbocycles. The Morgan fingerprint density at radius 3 is 2.73 bits per heavy atom. The van der Waals surface area contributed by atoms with E-state index in [4.69, 9.17) is 0 Å². The van der Waals surface area contributed by atoms with Gasteiger partial charge in [-0.05, 0) is 20.8 Å². The van der Waals surface area contributed by atoms with Crippen LogP contribution < -0.4 is 5.32 Å². The summed E-state index contributed by atoms with van der Waals surface area (Å²) in [7, 11) is 1.81. The summed E-state index contributed by atoms with van der Waals surface area (Å²) < 4.78 is 0. The van der Waals surface area contributed by atoms with Gasteiger partial charge in [0.1, 0.15) is 5.84 Å². The zero-order valence-corrected chi connectivity index (χ0v) is 10.2. The quantitative estimate of drug-likeness (QED) is 0.541. The predicted molar refractivity (Wildman–Crippen MR) is 66.0 cm³/mol. The van der Waals surface area contributed by atoms with Crippen LogP contribution in [0.2, 0.25) is 0 Å². The molecule has 0 aromatic rings. The van der Waals surface area contributed by atoms with Gasteiger partial charge in [-0.15, -0.1) is 0 Å². The number of amidine groups is 1. The van der Waals surface area contributed by atoms with Gasteiger partial charge in [-0.1, -0.05) is 0 Å². The van der Waals surface area contributed by atoms with Gasteiger partial charge in [-0.25, -0.2) is 4.99 Å². The number of hydrogen-bond donors (Lipinski definition) is 1. The molecule has 0 bridgehead atoms. The second-order valence-electron chi connectivity index (χ2n) is 4.29. The summed E-state index contributed by atoms with van der Waals surface area (Å²) >= 11 is 0. The van der Waals surface area contributed by atoms with Crippen molar-refractivity contribution in [3.8, 4) is 0 Å². The fraction of sp³-hybridized carbons (Fsp3) is 0.818. The Balaban J connectivity index is 2.48. The van der Waals surface area contributed by atoms with Gasteiger partial charge in [0.25, 0.3) is 0 Å². The predicted octanol–water partition coefficient (Wildman–Crippen LogP) is 0.789. The first kappa shape index (κ1) is 12.3. The lowest BCUT2D eigenvalue weighted by Crippen LogP contribution is -2.50. The number of aliphatic imine (C=N–C) groups is 2. The average molecular weight is 210 g/mol. The molecule has 1 heterocycles. The van der Waals surface area contributed by atoms with Crippen molar-refractivity contribution in [3.63, 3.8) is 0 Å². The van der Waals surface area contributed by atoms with E-state index in [0.717, 1.165) is 37.7 Å². The Morgan fingerprint density at radius 2 is 2.20 bits per heavy atom. The summed E-state index contributed by atoms with van der Waals surface area (Å²) in [4.78, 5) is 11.0. The third-order valence-electron chi connectivity index (χ3n) is 2.43. The average Bonchev–Trinajstić information content (AvgIpc) is 2.16. The highest BCUT2D eigenvalue weighted by Crippen LogP contribution is 1.99. The minimum Gasteiger partial charge on any atom is -0.312 e. The molecule has 0 spiro atoms. The normalized spacial score (nSPS) is 24.0. The highest BCUT2D eigenvalue weighted by molar-refractivity contribution is 5.96. The molecule has 0 aromatic heterocycles. The highest BCUT2D eigenvalue weighted by Gasteiger charge is 2.16. The standard InChI is InChI=1S/C11H22N4/c1-9(2)14-11(12-4)8-15-6-5-13-10(3)7-15/h10,13H,5-8H2,1-4H3/t10-/m1/s1. The fourth-order valence-electron chi connectivity index (χ4n) is 1.77. The van der Waals surface area contributed by atoms with Crippen molar-refractivity contribution < 1.29 is 0 Å². The summed E-state index contributed by atoms with van der Waals surface area (Å²) in [6.07, 6.45) is 0. The van der Waals surface area contributed by atoms with Gasteiger partial charge >= 0.3 is 0 Å². The molecule has 1 aliphatic heterocycles. The van der Waals surface area contributed by atoms with Crippen LogP contribution in [0, 0.1) is 0 Å². The SMILES string of the molecule is CN=C(CN1CCN[C@H](C)C1)N=C(C)C. The van der Waals surface area contributed by atoms with E-state index in [1.54, 1.807) is 0 Å². The van der Waals surface area contributed by atoms with Gasteiger partial charge in [0.2, 0.25) is 0 Å². The van der Waals surface area contributed by atoms with Crippen molar-refractivity contribution in [2.75, 3.05) is 33.2 Å². The smallest absolute Gasteiger partial charge is 0.137 e. The molecule has 4 heteroatoms. The van der Waals surface area contributed by atoms with Crippen LogP contribution in [0.15, 0.2) is 9.98 Å². The Bertz CT molecular complexity index is 253. The van der Waals surface area contributed by atoms with E-state index in [2.05, 4.69) is 27.1 Å². The molecule has 0 aliphatic carbocycles. The molecule has 1 N–H and O–H groups in total.